The van der Waals surface area contributed by atoms with E-state index in [0.717, 1.165) is 25.1 Å². The summed E-state index contributed by atoms with van der Waals surface area (Å²) in [7, 11) is 0. The lowest BCUT2D eigenvalue weighted by Crippen LogP contribution is -1.93. The summed E-state index contributed by atoms with van der Waals surface area (Å²) in [6.45, 7) is 1.74. The summed E-state index contributed by atoms with van der Waals surface area (Å²) in [5.41, 5.74) is 0.852. The first kappa shape index (κ1) is 13.8. The fourth-order valence-corrected chi connectivity index (χ4v) is 2.75. The number of hydrogen-bond acceptors (Lipinski definition) is 2. The zero-order valence-corrected chi connectivity index (χ0v) is 13.5. The second kappa shape index (κ2) is 6.04. The predicted molar refractivity (Wildman–Crippen MR) is 84.0 cm³/mol. The largest absolute Gasteiger partial charge is 0.456 e. The quantitative estimate of drug-likeness (QED) is 0.718. The van der Waals surface area contributed by atoms with E-state index < -0.39 is 6.10 Å². The first-order valence-electron chi connectivity index (χ1n) is 5.48. The molecule has 1 atom stereocenters. The van der Waals surface area contributed by atoms with E-state index in [1.807, 2.05) is 42.5 Å². The molecule has 0 saturated heterocycles. The zero-order chi connectivity index (χ0) is 13.1. The molecule has 94 valence electrons. The lowest BCUT2D eigenvalue weighted by molar-refractivity contribution is 0.198. The van der Waals surface area contributed by atoms with E-state index in [1.165, 1.54) is 0 Å². The molecule has 0 saturated carbocycles. The van der Waals surface area contributed by atoms with Crippen LogP contribution < -0.4 is 4.74 Å². The minimum atomic E-state index is -0.495. The lowest BCUT2D eigenvalue weighted by atomic mass is 10.1. The van der Waals surface area contributed by atoms with Gasteiger partial charge >= 0.3 is 0 Å². The van der Waals surface area contributed by atoms with Gasteiger partial charge in [-0.1, -0.05) is 34.1 Å². The summed E-state index contributed by atoms with van der Waals surface area (Å²) in [6, 6.07) is 13.4. The highest BCUT2D eigenvalue weighted by atomic mass is 127. The van der Waals surface area contributed by atoms with Gasteiger partial charge in [0, 0.05) is 4.47 Å². The van der Waals surface area contributed by atoms with Crippen molar-refractivity contribution in [2.75, 3.05) is 0 Å². The van der Waals surface area contributed by atoms with Crippen LogP contribution in [0.1, 0.15) is 18.6 Å². The maximum Gasteiger partial charge on any atom is 0.140 e. The summed E-state index contributed by atoms with van der Waals surface area (Å²) < 4.78 is 7.71. The summed E-state index contributed by atoms with van der Waals surface area (Å²) >= 11 is 5.67. The number of aliphatic hydroxyl groups is 1. The van der Waals surface area contributed by atoms with Gasteiger partial charge in [0.25, 0.3) is 0 Å². The second-order valence-electron chi connectivity index (χ2n) is 3.89. The van der Waals surface area contributed by atoms with Crippen molar-refractivity contribution in [1.29, 1.82) is 0 Å². The van der Waals surface area contributed by atoms with Crippen LogP contribution in [0.3, 0.4) is 0 Å². The Morgan fingerprint density at radius 1 is 1.22 bits per heavy atom. The molecule has 0 aliphatic heterocycles. The highest BCUT2D eigenvalue weighted by molar-refractivity contribution is 14.1. The third kappa shape index (κ3) is 3.24. The van der Waals surface area contributed by atoms with Crippen LogP contribution in [-0.2, 0) is 0 Å². The van der Waals surface area contributed by atoms with Crippen molar-refractivity contribution in [2.24, 2.45) is 0 Å². The van der Waals surface area contributed by atoms with Gasteiger partial charge < -0.3 is 9.84 Å². The number of halogens is 2. The van der Waals surface area contributed by atoms with E-state index in [4.69, 9.17) is 4.74 Å². The molecule has 2 rings (SSSR count). The number of rotatable bonds is 3. The van der Waals surface area contributed by atoms with Crippen LogP contribution in [0.15, 0.2) is 46.9 Å². The Balaban J connectivity index is 2.26. The third-order valence-electron chi connectivity index (χ3n) is 2.49. The van der Waals surface area contributed by atoms with E-state index in [-0.39, 0.29) is 0 Å². The maximum absolute atomic E-state index is 9.56. The summed E-state index contributed by atoms with van der Waals surface area (Å²) in [6.07, 6.45) is -0.495. The molecular formula is C14H12BrIO2. The van der Waals surface area contributed by atoms with Crippen LogP contribution in [0.25, 0.3) is 0 Å². The van der Waals surface area contributed by atoms with Crippen molar-refractivity contribution < 1.29 is 9.84 Å². The number of aliphatic hydroxyl groups excluding tert-OH is 1. The van der Waals surface area contributed by atoms with Crippen LogP contribution in [0.5, 0.6) is 11.5 Å². The fourth-order valence-electron chi connectivity index (χ4n) is 1.56. The fraction of sp³-hybridized carbons (Fsp3) is 0.143. The molecule has 2 aromatic carbocycles. The monoisotopic (exact) mass is 418 g/mol. The molecule has 0 amide bonds. The molecule has 0 spiro atoms. The average Bonchev–Trinajstić information content (AvgIpc) is 2.32. The van der Waals surface area contributed by atoms with Gasteiger partial charge in [0.2, 0.25) is 0 Å². The van der Waals surface area contributed by atoms with E-state index in [9.17, 15) is 5.11 Å². The van der Waals surface area contributed by atoms with Gasteiger partial charge in [-0.05, 0) is 59.3 Å². The van der Waals surface area contributed by atoms with E-state index in [2.05, 4.69) is 38.5 Å². The molecule has 0 radical (unpaired) electrons. The smallest absolute Gasteiger partial charge is 0.140 e. The predicted octanol–water partition coefficient (Wildman–Crippen LogP) is 4.90. The number of benzene rings is 2. The molecule has 0 aromatic heterocycles. The van der Waals surface area contributed by atoms with E-state index in [0.29, 0.717) is 0 Å². The molecule has 4 heteroatoms. The topological polar surface area (TPSA) is 29.5 Å². The van der Waals surface area contributed by atoms with Gasteiger partial charge in [-0.2, -0.15) is 0 Å². The Kier molecular flexibility index (Phi) is 4.64. The average molecular weight is 419 g/mol. The SMILES string of the molecule is C[C@@H](O)c1ccc(Oc2ccccc2I)cc1Br. The molecule has 0 aliphatic carbocycles. The van der Waals surface area contributed by atoms with Gasteiger partial charge in [0.1, 0.15) is 11.5 Å². The molecule has 1 N–H and O–H groups in total. The number of para-hydroxylation sites is 1. The molecule has 0 bridgehead atoms. The molecule has 0 fully saturated rings. The number of ether oxygens (including phenoxy) is 1. The van der Waals surface area contributed by atoms with Crippen LogP contribution >= 0.6 is 38.5 Å². The van der Waals surface area contributed by atoms with Gasteiger partial charge in [0.05, 0.1) is 9.67 Å². The first-order chi connectivity index (χ1) is 8.58. The van der Waals surface area contributed by atoms with Crippen molar-refractivity contribution in [3.05, 3.63) is 56.1 Å². The Morgan fingerprint density at radius 2 is 1.94 bits per heavy atom. The van der Waals surface area contributed by atoms with E-state index >= 15 is 0 Å². The Labute approximate surface area is 128 Å². The molecule has 18 heavy (non-hydrogen) atoms. The molecule has 0 aliphatic rings. The lowest BCUT2D eigenvalue weighted by Gasteiger charge is -2.11. The van der Waals surface area contributed by atoms with Crippen molar-refractivity contribution in [2.45, 2.75) is 13.0 Å². The van der Waals surface area contributed by atoms with Crippen molar-refractivity contribution >= 4 is 38.5 Å². The molecule has 0 heterocycles. The Bertz CT molecular complexity index is 555. The standard InChI is InChI=1S/C14H12BrIO2/c1-9(17)11-7-6-10(8-12(11)15)18-14-5-3-2-4-13(14)16/h2-9,17H,1H3/t9-/m1/s1. The maximum atomic E-state index is 9.56. The van der Waals surface area contributed by atoms with Crippen LogP contribution in [-0.4, -0.2) is 5.11 Å². The van der Waals surface area contributed by atoms with Crippen LogP contribution in [0.2, 0.25) is 0 Å². The van der Waals surface area contributed by atoms with Crippen molar-refractivity contribution in [1.82, 2.24) is 0 Å². The molecule has 2 aromatic rings. The first-order valence-corrected chi connectivity index (χ1v) is 7.35. The van der Waals surface area contributed by atoms with E-state index in [1.54, 1.807) is 6.92 Å². The summed E-state index contributed by atoms with van der Waals surface area (Å²) in [4.78, 5) is 0. The third-order valence-corrected chi connectivity index (χ3v) is 4.06. The number of hydrogen-bond donors (Lipinski definition) is 1. The minimum Gasteiger partial charge on any atom is -0.456 e. The summed E-state index contributed by atoms with van der Waals surface area (Å²) in [5, 5.41) is 9.56. The Morgan fingerprint density at radius 3 is 2.56 bits per heavy atom. The molecule has 2 nitrogen and oxygen atoms in total. The molecular weight excluding hydrogens is 407 g/mol. The minimum absolute atomic E-state index is 0.495. The van der Waals surface area contributed by atoms with Crippen LogP contribution in [0, 0.1) is 3.57 Å². The highest BCUT2D eigenvalue weighted by Gasteiger charge is 2.08. The van der Waals surface area contributed by atoms with Gasteiger partial charge in [-0.25, -0.2) is 0 Å². The van der Waals surface area contributed by atoms with Crippen molar-refractivity contribution in [3.8, 4) is 11.5 Å². The second-order valence-corrected chi connectivity index (χ2v) is 5.91. The normalized spacial score (nSPS) is 12.2. The highest BCUT2D eigenvalue weighted by Crippen LogP contribution is 2.31. The zero-order valence-electron chi connectivity index (χ0n) is 9.73. The molecule has 0 unspecified atom stereocenters. The van der Waals surface area contributed by atoms with Gasteiger partial charge in [-0.15, -0.1) is 0 Å². The van der Waals surface area contributed by atoms with Crippen molar-refractivity contribution in [3.63, 3.8) is 0 Å². The summed E-state index contributed by atoms with van der Waals surface area (Å²) in [5.74, 6) is 1.57. The Hall–Kier alpha value is -0.590. The van der Waals surface area contributed by atoms with Crippen LogP contribution in [0.4, 0.5) is 0 Å². The van der Waals surface area contributed by atoms with Gasteiger partial charge in [-0.3, -0.25) is 0 Å². The van der Waals surface area contributed by atoms with Gasteiger partial charge in [0.15, 0.2) is 0 Å².